The minimum Gasteiger partial charge on any atom is -0.367 e. The van der Waals surface area contributed by atoms with E-state index >= 15 is 0 Å². The number of anilines is 1. The fourth-order valence-electron chi connectivity index (χ4n) is 1.33. The minimum absolute atomic E-state index is 0.191. The Morgan fingerprint density at radius 3 is 2.74 bits per heavy atom. The van der Waals surface area contributed by atoms with Crippen LogP contribution in [-0.2, 0) is 9.84 Å². The van der Waals surface area contributed by atoms with Crippen molar-refractivity contribution in [2.45, 2.75) is 18.6 Å². The van der Waals surface area contributed by atoms with Gasteiger partial charge in [-0.15, -0.1) is 5.10 Å². The van der Waals surface area contributed by atoms with E-state index in [9.17, 15) is 13.2 Å². The molecule has 0 aliphatic carbocycles. The highest BCUT2D eigenvalue weighted by atomic mass is 32.2. The number of nitrogens with zero attached hydrogens (tertiary/aromatic N) is 3. The number of aromatic amines is 1. The maximum Gasteiger partial charge on any atom is 0.364 e. The van der Waals surface area contributed by atoms with Crippen LogP contribution < -0.4 is 11.0 Å². The highest BCUT2D eigenvalue weighted by Gasteiger charge is 2.29. The minimum atomic E-state index is -3.19. The van der Waals surface area contributed by atoms with Crippen molar-refractivity contribution in [3.05, 3.63) is 22.6 Å². The first kappa shape index (κ1) is 13.5. The molecule has 0 fully saturated rings. The Hall–Kier alpha value is -1.90. The Kier molecular flexibility index (Phi) is 3.09. The fraction of sp³-hybridized carbons (Fsp3) is 0.500. The van der Waals surface area contributed by atoms with Crippen LogP contribution in [0.2, 0.25) is 0 Å². The summed E-state index contributed by atoms with van der Waals surface area (Å²) in [5.41, 5.74) is -0.0426. The number of nitrogens with one attached hydrogen (secondary N) is 2. The molecule has 0 spiro atoms. The van der Waals surface area contributed by atoms with Gasteiger partial charge in [0.2, 0.25) is 0 Å². The maximum absolute atomic E-state index is 11.6. The molecule has 0 aliphatic rings. The number of rotatable bonds is 4. The van der Waals surface area contributed by atoms with Gasteiger partial charge in [-0.3, -0.25) is 0 Å². The predicted molar refractivity (Wildman–Crippen MR) is 71.0 cm³/mol. The number of hydrogen-bond acceptors (Lipinski definition) is 6. The van der Waals surface area contributed by atoms with Crippen LogP contribution >= 0.6 is 0 Å². The molecular weight excluding hydrogens is 270 g/mol. The monoisotopic (exact) mass is 285 g/mol. The molecule has 0 aromatic carbocycles. The van der Waals surface area contributed by atoms with Gasteiger partial charge in [0.15, 0.2) is 15.5 Å². The second-order valence-corrected chi connectivity index (χ2v) is 7.55. The molecule has 0 amide bonds. The van der Waals surface area contributed by atoms with Crippen molar-refractivity contribution in [1.29, 1.82) is 0 Å². The maximum atomic E-state index is 11.6. The average molecular weight is 285 g/mol. The molecule has 2 N–H and O–H groups in total. The van der Waals surface area contributed by atoms with Crippen LogP contribution in [0.1, 0.15) is 13.8 Å². The Labute approximate surface area is 109 Å². The van der Waals surface area contributed by atoms with Crippen molar-refractivity contribution in [3.63, 3.8) is 0 Å². The number of hydrogen-bond donors (Lipinski definition) is 2. The zero-order valence-electron chi connectivity index (χ0n) is 10.8. The molecule has 2 rings (SSSR count). The first-order valence-electron chi connectivity index (χ1n) is 5.59. The van der Waals surface area contributed by atoms with E-state index in [1.807, 2.05) is 0 Å². The first-order chi connectivity index (χ1) is 8.71. The van der Waals surface area contributed by atoms with Gasteiger partial charge in [0.25, 0.3) is 0 Å². The van der Waals surface area contributed by atoms with Gasteiger partial charge in [0.1, 0.15) is 5.82 Å². The standard InChI is InChI=1S/C10H15N5O3S/c1-10(2,19(3,17)18)6-11-7-4-5-8-12-13-9(16)15(8)14-7/h4-5H,6H2,1-3H3,(H,11,14)(H,13,16). The van der Waals surface area contributed by atoms with Gasteiger partial charge in [-0.1, -0.05) is 0 Å². The second kappa shape index (κ2) is 4.34. The number of H-pyrrole nitrogens is 1. The van der Waals surface area contributed by atoms with Crippen molar-refractivity contribution in [2.24, 2.45) is 0 Å². The lowest BCUT2D eigenvalue weighted by Gasteiger charge is -2.22. The zero-order chi connectivity index (χ0) is 14.3. The van der Waals surface area contributed by atoms with E-state index in [4.69, 9.17) is 0 Å². The third-order valence-electron chi connectivity index (χ3n) is 2.97. The van der Waals surface area contributed by atoms with E-state index in [2.05, 4.69) is 20.6 Å². The van der Waals surface area contributed by atoms with E-state index in [0.717, 1.165) is 4.52 Å². The van der Waals surface area contributed by atoms with Gasteiger partial charge >= 0.3 is 5.69 Å². The summed E-state index contributed by atoms with van der Waals surface area (Å²) in [6.45, 7) is 3.44. The molecule has 0 saturated heterocycles. The van der Waals surface area contributed by atoms with Crippen LogP contribution in [0.3, 0.4) is 0 Å². The summed E-state index contributed by atoms with van der Waals surface area (Å²) in [7, 11) is -3.19. The third-order valence-corrected chi connectivity index (χ3v) is 5.12. The molecule has 0 saturated carbocycles. The van der Waals surface area contributed by atoms with Crippen LogP contribution in [0.5, 0.6) is 0 Å². The van der Waals surface area contributed by atoms with Crippen LogP contribution in [0, 0.1) is 0 Å². The third kappa shape index (κ3) is 2.60. The Bertz CT molecular complexity index is 759. The lowest BCUT2D eigenvalue weighted by Crippen LogP contribution is -2.38. The topological polar surface area (TPSA) is 109 Å². The predicted octanol–water partition coefficient (Wildman–Crippen LogP) is -0.347. The van der Waals surface area contributed by atoms with E-state index in [1.165, 1.54) is 6.26 Å². The van der Waals surface area contributed by atoms with Crippen LogP contribution in [0.15, 0.2) is 16.9 Å². The molecule has 9 heteroatoms. The van der Waals surface area contributed by atoms with Gasteiger partial charge in [0.05, 0.1) is 4.75 Å². The fourth-order valence-corrected chi connectivity index (χ4v) is 1.67. The van der Waals surface area contributed by atoms with Gasteiger partial charge < -0.3 is 5.32 Å². The smallest absolute Gasteiger partial charge is 0.364 e. The van der Waals surface area contributed by atoms with E-state index in [0.29, 0.717) is 11.5 Å². The molecule has 0 bridgehead atoms. The van der Waals surface area contributed by atoms with Crippen molar-refractivity contribution in [3.8, 4) is 0 Å². The summed E-state index contributed by atoms with van der Waals surface area (Å²) in [5, 5.41) is 13.0. The van der Waals surface area contributed by atoms with Gasteiger partial charge in [0, 0.05) is 12.8 Å². The van der Waals surface area contributed by atoms with E-state index in [-0.39, 0.29) is 6.54 Å². The molecule has 2 aromatic rings. The normalized spacial score (nSPS) is 12.8. The summed E-state index contributed by atoms with van der Waals surface area (Å²) < 4.78 is 23.3. The van der Waals surface area contributed by atoms with Crippen LogP contribution in [0.25, 0.3) is 5.65 Å². The second-order valence-electron chi connectivity index (χ2n) is 4.90. The molecule has 2 aromatic heterocycles. The Balaban J connectivity index is 2.23. The lowest BCUT2D eigenvalue weighted by atomic mass is 10.2. The number of fused-ring (bicyclic) bond motifs is 1. The molecule has 0 atom stereocenters. The van der Waals surface area contributed by atoms with Crippen LogP contribution in [-0.4, -0.2) is 45.8 Å². The molecule has 0 unspecified atom stereocenters. The lowest BCUT2D eigenvalue weighted by molar-refractivity contribution is 0.559. The highest BCUT2D eigenvalue weighted by molar-refractivity contribution is 7.92. The van der Waals surface area contributed by atoms with Crippen molar-refractivity contribution in [2.75, 3.05) is 18.1 Å². The summed E-state index contributed by atoms with van der Waals surface area (Å²) in [6, 6.07) is 3.24. The summed E-state index contributed by atoms with van der Waals surface area (Å²) in [5.74, 6) is 0.410. The van der Waals surface area contributed by atoms with Gasteiger partial charge in [-0.25, -0.2) is 18.3 Å². The summed E-state index contributed by atoms with van der Waals surface area (Å²) in [6.07, 6.45) is 1.19. The molecular formula is C10H15N5O3S. The Morgan fingerprint density at radius 1 is 1.42 bits per heavy atom. The molecule has 0 radical (unpaired) electrons. The van der Waals surface area contributed by atoms with Crippen molar-refractivity contribution in [1.82, 2.24) is 19.8 Å². The molecule has 104 valence electrons. The SMILES string of the molecule is CC(C)(CNc1ccc2n[nH]c(=O)n2n1)S(C)(=O)=O. The Morgan fingerprint density at radius 2 is 2.11 bits per heavy atom. The van der Waals surface area contributed by atoms with Crippen molar-refractivity contribution >= 4 is 21.3 Å². The average Bonchev–Trinajstić information content (AvgIpc) is 2.67. The largest absolute Gasteiger partial charge is 0.367 e. The van der Waals surface area contributed by atoms with Crippen molar-refractivity contribution < 1.29 is 8.42 Å². The number of aromatic nitrogens is 4. The summed E-state index contributed by atoms with van der Waals surface area (Å²) >= 11 is 0. The number of sulfone groups is 1. The van der Waals surface area contributed by atoms with Gasteiger partial charge in [-0.2, -0.15) is 9.61 Å². The van der Waals surface area contributed by atoms with Gasteiger partial charge in [-0.05, 0) is 26.0 Å². The first-order valence-corrected chi connectivity index (χ1v) is 7.48. The molecule has 8 nitrogen and oxygen atoms in total. The summed E-state index contributed by atoms with van der Waals surface area (Å²) in [4.78, 5) is 11.4. The quantitative estimate of drug-likeness (QED) is 0.795. The zero-order valence-corrected chi connectivity index (χ0v) is 11.7. The molecule has 0 aliphatic heterocycles. The molecule has 19 heavy (non-hydrogen) atoms. The molecule has 2 heterocycles. The van der Waals surface area contributed by atoms with Crippen LogP contribution in [0.4, 0.5) is 5.82 Å². The van der Waals surface area contributed by atoms with E-state index < -0.39 is 20.3 Å². The van der Waals surface area contributed by atoms with E-state index in [1.54, 1.807) is 26.0 Å². The highest BCUT2D eigenvalue weighted by Crippen LogP contribution is 2.15.